The zero-order valence-electron chi connectivity index (χ0n) is 26.5. The molecule has 0 nitrogen and oxygen atoms in total. The van der Waals surface area contributed by atoms with E-state index in [9.17, 15) is 0 Å². The minimum absolute atomic E-state index is 0.0995. The monoisotopic (exact) mass is 566 g/mol. The summed E-state index contributed by atoms with van der Waals surface area (Å²) in [7, 11) is 0. The summed E-state index contributed by atoms with van der Waals surface area (Å²) in [6.45, 7) is 13.7. The quantitative estimate of drug-likeness (QED) is 0.144. The SMILES string of the molecule is CC(C)(C)c1ccc(-c2c3ccccc3c(-c3ccc4ccc5cc(C(C)(C)C)cc6ccc3c4c56)c3ccccc23)cc1. The number of hydrogen-bond acceptors (Lipinski definition) is 0. The maximum atomic E-state index is 2.40. The van der Waals surface area contributed by atoms with E-state index in [-0.39, 0.29) is 10.8 Å². The van der Waals surface area contributed by atoms with Crippen LogP contribution in [-0.2, 0) is 10.8 Å². The fourth-order valence-electron chi connectivity index (χ4n) is 7.34. The predicted molar refractivity (Wildman–Crippen MR) is 193 cm³/mol. The molecule has 0 fully saturated rings. The molecule has 0 saturated carbocycles. The van der Waals surface area contributed by atoms with Crippen molar-refractivity contribution in [1.29, 1.82) is 0 Å². The summed E-state index contributed by atoms with van der Waals surface area (Å²) < 4.78 is 0. The van der Waals surface area contributed by atoms with Gasteiger partial charge in [0.15, 0.2) is 0 Å². The summed E-state index contributed by atoms with van der Waals surface area (Å²) in [6, 6.07) is 46.1. The van der Waals surface area contributed by atoms with Crippen LogP contribution in [0, 0.1) is 0 Å². The van der Waals surface area contributed by atoms with Crippen molar-refractivity contribution < 1.29 is 0 Å². The molecule has 0 N–H and O–H groups in total. The molecule has 8 rings (SSSR count). The molecule has 0 aromatic heterocycles. The topological polar surface area (TPSA) is 0 Å². The van der Waals surface area contributed by atoms with Crippen molar-refractivity contribution in [3.05, 3.63) is 132 Å². The van der Waals surface area contributed by atoms with Gasteiger partial charge in [0.2, 0.25) is 0 Å². The molecule has 0 bridgehead atoms. The van der Waals surface area contributed by atoms with Crippen LogP contribution >= 0.6 is 0 Å². The molecule has 44 heavy (non-hydrogen) atoms. The largest absolute Gasteiger partial charge is 0.0616 e. The van der Waals surface area contributed by atoms with Crippen molar-refractivity contribution in [1.82, 2.24) is 0 Å². The van der Waals surface area contributed by atoms with Crippen LogP contribution in [0.2, 0.25) is 0 Å². The van der Waals surface area contributed by atoms with Gasteiger partial charge in [-0.25, -0.2) is 0 Å². The third kappa shape index (κ3) is 4.05. The first-order valence-corrected chi connectivity index (χ1v) is 15.9. The van der Waals surface area contributed by atoms with Gasteiger partial charge in [-0.05, 0) is 98.1 Å². The standard InChI is InChI=1S/C44H38/c1-43(2,3)31-21-17-27(18-22-31)40-33-11-7-9-13-35(33)42(36-14-10-8-12-34(36)40)38-23-19-28-15-16-29-25-32(44(4,5)6)26-30-20-24-37(38)41(28)39(29)30/h7-26H,1-6H3. The summed E-state index contributed by atoms with van der Waals surface area (Å²) in [5.41, 5.74) is 8.16. The summed E-state index contributed by atoms with van der Waals surface area (Å²) in [5, 5.41) is 13.2. The van der Waals surface area contributed by atoms with Gasteiger partial charge < -0.3 is 0 Å². The van der Waals surface area contributed by atoms with Crippen molar-refractivity contribution >= 4 is 53.9 Å². The van der Waals surface area contributed by atoms with Gasteiger partial charge >= 0.3 is 0 Å². The lowest BCUT2D eigenvalue weighted by atomic mass is 9.81. The lowest BCUT2D eigenvalue weighted by molar-refractivity contribution is 0.590. The van der Waals surface area contributed by atoms with E-state index in [4.69, 9.17) is 0 Å². The molecule has 8 aromatic rings. The molecular formula is C44H38. The Hall–Kier alpha value is -4.68. The highest BCUT2D eigenvalue weighted by atomic mass is 14.2. The molecule has 0 aliphatic carbocycles. The van der Waals surface area contributed by atoms with E-state index in [1.54, 1.807) is 0 Å². The number of rotatable bonds is 2. The average molecular weight is 567 g/mol. The van der Waals surface area contributed by atoms with Crippen LogP contribution in [0.4, 0.5) is 0 Å². The Balaban J connectivity index is 1.46. The summed E-state index contributed by atoms with van der Waals surface area (Å²) >= 11 is 0. The smallest absolute Gasteiger partial charge is 0.00201 e. The van der Waals surface area contributed by atoms with Gasteiger partial charge in [0.05, 0.1) is 0 Å². The molecule has 214 valence electrons. The Morgan fingerprint density at radius 2 is 0.841 bits per heavy atom. The second-order valence-corrected chi connectivity index (χ2v) is 14.6. The summed E-state index contributed by atoms with van der Waals surface area (Å²) in [4.78, 5) is 0. The highest BCUT2D eigenvalue weighted by Crippen LogP contribution is 2.47. The van der Waals surface area contributed by atoms with E-state index >= 15 is 0 Å². The van der Waals surface area contributed by atoms with Gasteiger partial charge in [0.1, 0.15) is 0 Å². The third-order valence-electron chi connectivity index (χ3n) is 9.71. The molecule has 8 aromatic carbocycles. The third-order valence-corrected chi connectivity index (χ3v) is 9.71. The molecule has 0 saturated heterocycles. The Kier molecular flexibility index (Phi) is 5.75. The van der Waals surface area contributed by atoms with E-state index in [2.05, 4.69) is 163 Å². The van der Waals surface area contributed by atoms with E-state index in [1.807, 2.05) is 0 Å². The first-order chi connectivity index (χ1) is 21.1. The minimum Gasteiger partial charge on any atom is -0.0616 e. The maximum Gasteiger partial charge on any atom is -0.00201 e. The summed E-state index contributed by atoms with van der Waals surface area (Å²) in [6.07, 6.45) is 0. The van der Waals surface area contributed by atoms with Crippen LogP contribution in [0.5, 0.6) is 0 Å². The highest BCUT2D eigenvalue weighted by Gasteiger charge is 2.21. The maximum absolute atomic E-state index is 2.40. The fourth-order valence-corrected chi connectivity index (χ4v) is 7.34. The Bertz CT molecular complexity index is 2300. The van der Waals surface area contributed by atoms with Crippen LogP contribution in [0.15, 0.2) is 121 Å². The number of benzene rings is 8. The van der Waals surface area contributed by atoms with Gasteiger partial charge in [-0.3, -0.25) is 0 Å². The van der Waals surface area contributed by atoms with Gasteiger partial charge in [-0.15, -0.1) is 0 Å². The second-order valence-electron chi connectivity index (χ2n) is 14.6. The number of hydrogen-bond donors (Lipinski definition) is 0. The Labute approximate surface area is 260 Å². The lowest BCUT2D eigenvalue weighted by Crippen LogP contribution is -2.10. The molecule has 0 spiro atoms. The fraction of sp³-hybridized carbons (Fsp3) is 0.182. The zero-order valence-corrected chi connectivity index (χ0v) is 26.5. The minimum atomic E-state index is 0.0995. The van der Waals surface area contributed by atoms with Crippen molar-refractivity contribution in [3.8, 4) is 22.3 Å². The van der Waals surface area contributed by atoms with Crippen LogP contribution in [0.1, 0.15) is 52.7 Å². The Morgan fingerprint density at radius 1 is 0.364 bits per heavy atom. The van der Waals surface area contributed by atoms with Gasteiger partial charge in [0.25, 0.3) is 0 Å². The van der Waals surface area contributed by atoms with Gasteiger partial charge in [0, 0.05) is 0 Å². The van der Waals surface area contributed by atoms with Crippen LogP contribution in [0.3, 0.4) is 0 Å². The van der Waals surface area contributed by atoms with E-state index < -0.39 is 0 Å². The van der Waals surface area contributed by atoms with E-state index in [1.165, 1.54) is 87.2 Å². The normalized spacial score (nSPS) is 12.8. The van der Waals surface area contributed by atoms with Crippen molar-refractivity contribution in [2.45, 2.75) is 52.4 Å². The van der Waals surface area contributed by atoms with Crippen LogP contribution in [-0.4, -0.2) is 0 Å². The molecule has 0 aliphatic rings. The van der Waals surface area contributed by atoms with Crippen LogP contribution < -0.4 is 0 Å². The van der Waals surface area contributed by atoms with E-state index in [0.29, 0.717) is 0 Å². The van der Waals surface area contributed by atoms with Crippen molar-refractivity contribution in [2.75, 3.05) is 0 Å². The molecule has 0 atom stereocenters. The average Bonchev–Trinajstić information content (AvgIpc) is 3.01. The van der Waals surface area contributed by atoms with Crippen LogP contribution in [0.25, 0.3) is 76.1 Å². The predicted octanol–water partition coefficient (Wildman–Crippen LogP) is 12.8. The molecule has 0 amide bonds. The first-order valence-electron chi connectivity index (χ1n) is 15.9. The van der Waals surface area contributed by atoms with Crippen molar-refractivity contribution in [2.24, 2.45) is 0 Å². The molecule has 0 radical (unpaired) electrons. The Morgan fingerprint density at radius 3 is 1.39 bits per heavy atom. The van der Waals surface area contributed by atoms with Gasteiger partial charge in [-0.1, -0.05) is 163 Å². The number of fused-ring (bicyclic) bond motifs is 2. The lowest BCUT2D eigenvalue weighted by Gasteiger charge is -2.23. The zero-order chi connectivity index (χ0) is 30.4. The molecule has 0 aliphatic heterocycles. The summed E-state index contributed by atoms with van der Waals surface area (Å²) in [5.74, 6) is 0. The molecule has 0 unspecified atom stereocenters. The highest BCUT2D eigenvalue weighted by molar-refractivity contribution is 6.29. The van der Waals surface area contributed by atoms with Crippen molar-refractivity contribution in [3.63, 3.8) is 0 Å². The first kappa shape index (κ1) is 26.9. The van der Waals surface area contributed by atoms with Gasteiger partial charge in [-0.2, -0.15) is 0 Å². The van der Waals surface area contributed by atoms with E-state index in [0.717, 1.165) is 0 Å². The molecule has 0 heteroatoms. The molecule has 0 heterocycles. The second kappa shape index (κ2) is 9.41. The molecular weight excluding hydrogens is 528 g/mol.